The predicted molar refractivity (Wildman–Crippen MR) is 120 cm³/mol. The summed E-state index contributed by atoms with van der Waals surface area (Å²) in [6.45, 7) is 5.08. The predicted octanol–water partition coefficient (Wildman–Crippen LogP) is 6.77. The zero-order valence-electron chi connectivity index (χ0n) is 17.0. The molecule has 1 N–H and O–H groups in total. The fraction of sp³-hybridized carbons (Fsp3) is 0.458. The van der Waals surface area contributed by atoms with Crippen molar-refractivity contribution in [2.24, 2.45) is 0 Å². The van der Waals surface area contributed by atoms with Crippen molar-refractivity contribution in [1.29, 1.82) is 0 Å². The van der Waals surface area contributed by atoms with Gasteiger partial charge in [-0.15, -0.1) is 11.8 Å². The third-order valence-electron chi connectivity index (χ3n) is 5.09. The number of fused-ring (bicyclic) bond motifs is 1. The van der Waals surface area contributed by atoms with Crippen LogP contribution in [-0.4, -0.2) is 18.1 Å². The van der Waals surface area contributed by atoms with Crippen molar-refractivity contribution < 1.29 is 9.53 Å². The maximum absolute atomic E-state index is 12.4. The first-order chi connectivity index (χ1) is 13.7. The van der Waals surface area contributed by atoms with Crippen LogP contribution in [0.1, 0.15) is 72.3 Å². The SMILES string of the molecule is CCCCCCCCOc1ccc(C2Nc3cc(C)ccc3C(=O)CS2)cc1. The fourth-order valence-corrected chi connectivity index (χ4v) is 4.46. The van der Waals surface area contributed by atoms with Gasteiger partial charge >= 0.3 is 0 Å². The van der Waals surface area contributed by atoms with Crippen LogP contribution in [0.4, 0.5) is 5.69 Å². The molecule has 2 aromatic carbocycles. The molecule has 1 aliphatic heterocycles. The summed E-state index contributed by atoms with van der Waals surface area (Å²) in [6, 6.07) is 14.3. The van der Waals surface area contributed by atoms with Crippen LogP contribution in [0.3, 0.4) is 0 Å². The Morgan fingerprint density at radius 2 is 1.79 bits per heavy atom. The monoisotopic (exact) mass is 397 g/mol. The quantitative estimate of drug-likeness (QED) is 0.474. The van der Waals surface area contributed by atoms with Gasteiger partial charge in [-0.05, 0) is 48.7 Å². The molecule has 28 heavy (non-hydrogen) atoms. The Balaban J connectivity index is 1.54. The molecule has 1 atom stereocenters. The second kappa shape index (κ2) is 10.6. The van der Waals surface area contributed by atoms with Crippen LogP contribution in [0.5, 0.6) is 5.75 Å². The summed E-state index contributed by atoms with van der Waals surface area (Å²) in [5.74, 6) is 1.60. The van der Waals surface area contributed by atoms with E-state index in [1.54, 1.807) is 11.8 Å². The molecular formula is C24H31NO2S. The molecule has 1 unspecified atom stereocenters. The van der Waals surface area contributed by atoms with Crippen LogP contribution in [0.2, 0.25) is 0 Å². The summed E-state index contributed by atoms with van der Waals surface area (Å²) in [6.07, 6.45) is 7.63. The van der Waals surface area contributed by atoms with Crippen molar-refractivity contribution in [3.05, 3.63) is 59.2 Å². The lowest BCUT2D eigenvalue weighted by atomic mass is 10.1. The molecule has 0 spiro atoms. The molecule has 4 heteroatoms. The summed E-state index contributed by atoms with van der Waals surface area (Å²) in [7, 11) is 0. The van der Waals surface area contributed by atoms with Crippen LogP contribution in [0.25, 0.3) is 0 Å². The molecule has 1 heterocycles. The van der Waals surface area contributed by atoms with Crippen molar-refractivity contribution in [1.82, 2.24) is 0 Å². The smallest absolute Gasteiger partial charge is 0.174 e. The Morgan fingerprint density at radius 1 is 1.04 bits per heavy atom. The van der Waals surface area contributed by atoms with E-state index >= 15 is 0 Å². The summed E-state index contributed by atoms with van der Waals surface area (Å²) in [5.41, 5.74) is 4.05. The van der Waals surface area contributed by atoms with Crippen LogP contribution in [0, 0.1) is 6.92 Å². The number of anilines is 1. The normalized spacial score (nSPS) is 16.2. The molecule has 0 saturated carbocycles. The summed E-state index contributed by atoms with van der Waals surface area (Å²) >= 11 is 1.64. The minimum absolute atomic E-state index is 0.0691. The molecule has 0 radical (unpaired) electrons. The third kappa shape index (κ3) is 5.78. The lowest BCUT2D eigenvalue weighted by Crippen LogP contribution is -2.07. The number of ketones is 1. The highest BCUT2D eigenvalue weighted by Gasteiger charge is 2.22. The average Bonchev–Trinajstić information content (AvgIpc) is 2.86. The number of aryl methyl sites for hydroxylation is 1. The molecule has 3 rings (SSSR count). The average molecular weight is 398 g/mol. The standard InChI is InChI=1S/C24H31NO2S/c1-3-4-5-6-7-8-15-27-20-12-10-19(11-13-20)24-25-22-16-18(2)9-14-21(22)23(26)17-28-24/h9-14,16,24-25H,3-8,15,17H2,1-2H3. The van der Waals surface area contributed by atoms with Crippen molar-refractivity contribution in [3.8, 4) is 5.75 Å². The molecule has 0 aromatic heterocycles. The van der Waals surface area contributed by atoms with Gasteiger partial charge in [0.1, 0.15) is 5.75 Å². The second-order valence-corrected chi connectivity index (χ2v) is 8.59. The van der Waals surface area contributed by atoms with Crippen molar-refractivity contribution >= 4 is 23.2 Å². The van der Waals surface area contributed by atoms with E-state index in [-0.39, 0.29) is 11.2 Å². The van der Waals surface area contributed by atoms with Crippen LogP contribution in [-0.2, 0) is 0 Å². The van der Waals surface area contributed by atoms with Crippen LogP contribution < -0.4 is 10.1 Å². The zero-order chi connectivity index (χ0) is 19.8. The minimum atomic E-state index is 0.0691. The number of carbonyl (C=O) groups is 1. The number of hydrogen-bond acceptors (Lipinski definition) is 4. The number of Topliss-reactive ketones (excluding diaryl/α,β-unsaturated/α-hetero) is 1. The maximum Gasteiger partial charge on any atom is 0.174 e. The lowest BCUT2D eigenvalue weighted by molar-refractivity contribution is 0.102. The molecule has 0 fully saturated rings. The molecule has 2 aromatic rings. The number of thioether (sulfide) groups is 1. The molecule has 0 saturated heterocycles. The largest absolute Gasteiger partial charge is 0.494 e. The molecule has 0 amide bonds. The van der Waals surface area contributed by atoms with Crippen LogP contribution >= 0.6 is 11.8 Å². The highest BCUT2D eigenvalue weighted by molar-refractivity contribution is 8.00. The fourth-order valence-electron chi connectivity index (χ4n) is 3.43. The lowest BCUT2D eigenvalue weighted by Gasteiger charge is -2.18. The van der Waals surface area contributed by atoms with Gasteiger partial charge in [0.15, 0.2) is 5.78 Å². The van der Waals surface area contributed by atoms with Gasteiger partial charge < -0.3 is 10.1 Å². The number of nitrogens with one attached hydrogen (secondary N) is 1. The van der Waals surface area contributed by atoms with E-state index in [4.69, 9.17) is 4.74 Å². The van der Waals surface area contributed by atoms with Gasteiger partial charge in [0, 0.05) is 11.3 Å². The zero-order valence-corrected chi connectivity index (χ0v) is 17.8. The van der Waals surface area contributed by atoms with E-state index in [9.17, 15) is 4.79 Å². The molecule has 1 aliphatic rings. The molecule has 0 aliphatic carbocycles. The Morgan fingerprint density at radius 3 is 2.57 bits per heavy atom. The second-order valence-electron chi connectivity index (χ2n) is 7.49. The maximum atomic E-state index is 12.4. The molecular weight excluding hydrogens is 366 g/mol. The first-order valence-corrected chi connectivity index (χ1v) is 11.5. The number of unbranched alkanes of at least 4 members (excludes halogenated alkanes) is 5. The van der Waals surface area contributed by atoms with Gasteiger partial charge in [-0.1, -0.05) is 57.2 Å². The molecule has 150 valence electrons. The third-order valence-corrected chi connectivity index (χ3v) is 6.24. The summed E-state index contributed by atoms with van der Waals surface area (Å²) in [5, 5.41) is 3.61. The van der Waals surface area contributed by atoms with Gasteiger partial charge in [-0.25, -0.2) is 0 Å². The van der Waals surface area contributed by atoms with Gasteiger partial charge in [0.25, 0.3) is 0 Å². The Bertz CT molecular complexity index is 773. The first kappa shape index (κ1) is 20.8. The van der Waals surface area contributed by atoms with Gasteiger partial charge in [-0.3, -0.25) is 4.79 Å². The number of ether oxygens (including phenoxy) is 1. The van der Waals surface area contributed by atoms with E-state index in [1.807, 2.05) is 24.3 Å². The molecule has 0 bridgehead atoms. The van der Waals surface area contributed by atoms with Crippen LogP contribution in [0.15, 0.2) is 42.5 Å². The van der Waals surface area contributed by atoms with E-state index in [0.29, 0.717) is 5.75 Å². The Labute approximate surface area is 173 Å². The van der Waals surface area contributed by atoms with Gasteiger partial charge in [0.2, 0.25) is 0 Å². The van der Waals surface area contributed by atoms with E-state index < -0.39 is 0 Å². The topological polar surface area (TPSA) is 38.3 Å². The highest BCUT2D eigenvalue weighted by atomic mass is 32.2. The summed E-state index contributed by atoms with van der Waals surface area (Å²) < 4.78 is 5.89. The van der Waals surface area contributed by atoms with Crippen molar-refractivity contribution in [3.63, 3.8) is 0 Å². The van der Waals surface area contributed by atoms with Gasteiger partial charge in [0.05, 0.1) is 17.7 Å². The number of rotatable bonds is 9. The Hall–Kier alpha value is -1.94. The number of carbonyl (C=O) groups excluding carboxylic acids is 1. The minimum Gasteiger partial charge on any atom is -0.494 e. The van der Waals surface area contributed by atoms with E-state index in [1.165, 1.54) is 37.7 Å². The Kier molecular flexibility index (Phi) is 7.84. The summed E-state index contributed by atoms with van der Waals surface area (Å²) in [4.78, 5) is 12.4. The first-order valence-electron chi connectivity index (χ1n) is 10.4. The van der Waals surface area contributed by atoms with E-state index in [2.05, 4.69) is 37.4 Å². The number of benzene rings is 2. The van der Waals surface area contributed by atoms with Crippen molar-refractivity contribution in [2.75, 3.05) is 17.7 Å². The number of hydrogen-bond donors (Lipinski definition) is 1. The van der Waals surface area contributed by atoms with Crippen molar-refractivity contribution in [2.45, 2.75) is 57.7 Å². The van der Waals surface area contributed by atoms with Gasteiger partial charge in [-0.2, -0.15) is 0 Å². The van der Waals surface area contributed by atoms with E-state index in [0.717, 1.165) is 35.6 Å². The molecule has 3 nitrogen and oxygen atoms in total. The highest BCUT2D eigenvalue weighted by Crippen LogP contribution is 2.36.